The van der Waals surface area contributed by atoms with Gasteiger partial charge in [-0.15, -0.1) is 0 Å². The van der Waals surface area contributed by atoms with E-state index in [4.69, 9.17) is 4.74 Å². The Bertz CT molecular complexity index is 1280. The lowest BCUT2D eigenvalue weighted by Crippen LogP contribution is -2.46. The lowest BCUT2D eigenvalue weighted by Gasteiger charge is -2.24. The molecule has 0 radical (unpaired) electrons. The molecule has 0 heterocycles. The molecule has 1 amide bonds. The fraction of sp³-hybridized carbons (Fsp3) is 0.643. The molecule has 62 heavy (non-hydrogen) atoms. The van der Waals surface area contributed by atoms with Gasteiger partial charge in [0.05, 0.1) is 25.2 Å². The number of ether oxygens (including phenoxy) is 1. The van der Waals surface area contributed by atoms with Crippen molar-refractivity contribution in [3.63, 3.8) is 0 Å². The summed E-state index contributed by atoms with van der Waals surface area (Å²) in [6, 6.07) is -0.734. The van der Waals surface area contributed by atoms with Gasteiger partial charge >= 0.3 is 5.97 Å². The number of hydrogen-bond donors (Lipinski definition) is 3. The van der Waals surface area contributed by atoms with Gasteiger partial charge in [0.15, 0.2) is 0 Å². The van der Waals surface area contributed by atoms with Crippen molar-refractivity contribution in [3.05, 3.63) is 109 Å². The molecule has 0 aliphatic carbocycles. The maximum atomic E-state index is 13.2. The van der Waals surface area contributed by atoms with E-state index in [0.29, 0.717) is 19.3 Å². The van der Waals surface area contributed by atoms with E-state index in [2.05, 4.69) is 74.7 Å². The number of hydrogen-bond acceptors (Lipinski definition) is 5. The molecule has 0 bridgehead atoms. The Morgan fingerprint density at radius 3 is 1.52 bits per heavy atom. The van der Waals surface area contributed by atoms with Gasteiger partial charge in [0.25, 0.3) is 0 Å². The number of esters is 1. The minimum Gasteiger partial charge on any atom is -0.462 e. The largest absolute Gasteiger partial charge is 0.462 e. The fourth-order valence-corrected chi connectivity index (χ4v) is 6.94. The zero-order valence-electron chi connectivity index (χ0n) is 40.0. The summed E-state index contributed by atoms with van der Waals surface area (Å²) in [6.45, 7) is 6.25. The molecule has 3 atom stereocenters. The topological polar surface area (TPSA) is 95.9 Å². The van der Waals surface area contributed by atoms with Crippen LogP contribution in [0.4, 0.5) is 0 Å². The maximum absolute atomic E-state index is 13.2. The molecule has 3 unspecified atom stereocenters. The van der Waals surface area contributed by atoms with Crippen LogP contribution in [0.5, 0.6) is 0 Å². The normalized spacial score (nSPS) is 14.2. The van der Waals surface area contributed by atoms with Gasteiger partial charge in [-0.3, -0.25) is 9.59 Å². The number of nitrogens with one attached hydrogen (secondary N) is 1. The molecule has 0 fully saturated rings. The highest BCUT2D eigenvalue weighted by Gasteiger charge is 2.24. The van der Waals surface area contributed by atoms with Crippen molar-refractivity contribution in [3.8, 4) is 0 Å². The molecule has 0 saturated heterocycles. The van der Waals surface area contributed by atoms with E-state index < -0.39 is 18.2 Å². The van der Waals surface area contributed by atoms with Gasteiger partial charge in [0.2, 0.25) is 5.91 Å². The van der Waals surface area contributed by atoms with E-state index in [1.165, 1.54) is 77.0 Å². The summed E-state index contributed by atoms with van der Waals surface area (Å²) < 4.78 is 5.88. The fourth-order valence-electron chi connectivity index (χ4n) is 6.94. The summed E-state index contributed by atoms with van der Waals surface area (Å²) in [4.78, 5) is 26.1. The lowest BCUT2D eigenvalue weighted by atomic mass is 10.0. The minimum atomic E-state index is -0.815. The van der Waals surface area contributed by atoms with Crippen molar-refractivity contribution >= 4 is 11.9 Å². The number of amides is 1. The van der Waals surface area contributed by atoms with Crippen molar-refractivity contribution in [2.45, 2.75) is 225 Å². The zero-order valence-corrected chi connectivity index (χ0v) is 40.0. The van der Waals surface area contributed by atoms with Gasteiger partial charge in [-0.2, -0.15) is 0 Å². The SMILES string of the molecule is CC\C=C/C=C/C=C/C=C\C=C\C=C\CCCC(CC(=O)NC(CO)C(O)CCCCCCCCCCC)OC(=O)CCCCCCCC/C=C\C/C=C\C/C=C\CCCCC. The first-order valence-corrected chi connectivity index (χ1v) is 25.2. The second-order valence-corrected chi connectivity index (χ2v) is 16.6. The number of carbonyl (C=O) groups excluding carboxylic acids is 2. The van der Waals surface area contributed by atoms with Gasteiger partial charge in [-0.25, -0.2) is 0 Å². The molecular formula is C56H93NO5. The molecule has 0 aromatic carbocycles. The monoisotopic (exact) mass is 860 g/mol. The second-order valence-electron chi connectivity index (χ2n) is 16.6. The highest BCUT2D eigenvalue weighted by molar-refractivity contribution is 5.77. The molecular weight excluding hydrogens is 767 g/mol. The van der Waals surface area contributed by atoms with Crippen molar-refractivity contribution < 1.29 is 24.5 Å². The molecule has 352 valence electrons. The maximum Gasteiger partial charge on any atom is 0.306 e. The Kier molecular flexibility index (Phi) is 45.8. The van der Waals surface area contributed by atoms with Crippen LogP contribution in [0.3, 0.4) is 0 Å². The molecule has 0 rings (SSSR count). The van der Waals surface area contributed by atoms with E-state index in [1.807, 2.05) is 60.8 Å². The number of allylic oxidation sites excluding steroid dienone is 18. The number of unbranched alkanes of at least 4 members (excludes halogenated alkanes) is 18. The summed E-state index contributed by atoms with van der Waals surface area (Å²) >= 11 is 0. The van der Waals surface area contributed by atoms with Crippen molar-refractivity contribution in [2.75, 3.05) is 6.61 Å². The zero-order chi connectivity index (χ0) is 45.2. The Morgan fingerprint density at radius 2 is 0.952 bits per heavy atom. The predicted octanol–water partition coefficient (Wildman–Crippen LogP) is 15.1. The molecule has 0 aromatic rings. The Hall–Kier alpha value is -3.48. The predicted molar refractivity (Wildman–Crippen MR) is 268 cm³/mol. The second kappa shape index (κ2) is 48.6. The van der Waals surface area contributed by atoms with Crippen LogP contribution < -0.4 is 5.32 Å². The van der Waals surface area contributed by atoms with Crippen molar-refractivity contribution in [2.24, 2.45) is 0 Å². The van der Waals surface area contributed by atoms with Crippen LogP contribution in [-0.2, 0) is 14.3 Å². The molecule has 0 aromatic heterocycles. The average Bonchev–Trinajstić information content (AvgIpc) is 3.26. The third-order valence-electron chi connectivity index (χ3n) is 10.7. The number of rotatable bonds is 43. The number of aliphatic hydroxyl groups is 2. The average molecular weight is 860 g/mol. The lowest BCUT2D eigenvalue weighted by molar-refractivity contribution is -0.151. The quantitative estimate of drug-likeness (QED) is 0.0246. The van der Waals surface area contributed by atoms with Crippen LogP contribution in [0, 0.1) is 0 Å². The first kappa shape index (κ1) is 58.5. The third-order valence-corrected chi connectivity index (χ3v) is 10.7. The molecule has 6 heteroatoms. The van der Waals surface area contributed by atoms with E-state index >= 15 is 0 Å². The van der Waals surface area contributed by atoms with E-state index in [0.717, 1.165) is 83.5 Å². The highest BCUT2D eigenvalue weighted by atomic mass is 16.5. The Morgan fingerprint density at radius 1 is 0.500 bits per heavy atom. The molecule has 6 nitrogen and oxygen atoms in total. The van der Waals surface area contributed by atoms with Crippen LogP contribution >= 0.6 is 0 Å². The summed E-state index contributed by atoms with van der Waals surface area (Å²) in [5.41, 5.74) is 0. The van der Waals surface area contributed by atoms with E-state index in [1.54, 1.807) is 0 Å². The summed E-state index contributed by atoms with van der Waals surface area (Å²) in [6.07, 6.45) is 65.8. The summed E-state index contributed by atoms with van der Waals surface area (Å²) in [5.74, 6) is -0.575. The first-order chi connectivity index (χ1) is 30.5. The molecule has 0 saturated carbocycles. The molecule has 3 N–H and O–H groups in total. The van der Waals surface area contributed by atoms with E-state index in [9.17, 15) is 19.8 Å². The number of aliphatic hydroxyl groups excluding tert-OH is 2. The van der Waals surface area contributed by atoms with Crippen LogP contribution in [0.15, 0.2) is 109 Å². The van der Waals surface area contributed by atoms with Crippen LogP contribution in [0.25, 0.3) is 0 Å². The van der Waals surface area contributed by atoms with Crippen LogP contribution in [0.2, 0.25) is 0 Å². The van der Waals surface area contributed by atoms with Gasteiger partial charge in [-0.1, -0.05) is 226 Å². The highest BCUT2D eigenvalue weighted by Crippen LogP contribution is 2.16. The Labute approximate surface area is 381 Å². The van der Waals surface area contributed by atoms with E-state index in [-0.39, 0.29) is 24.9 Å². The minimum absolute atomic E-state index is 0.0142. The summed E-state index contributed by atoms with van der Waals surface area (Å²) in [5, 5.41) is 23.6. The molecule has 0 aliphatic heterocycles. The van der Waals surface area contributed by atoms with Crippen LogP contribution in [-0.4, -0.2) is 46.9 Å². The van der Waals surface area contributed by atoms with Crippen LogP contribution in [0.1, 0.15) is 207 Å². The molecule has 0 spiro atoms. The van der Waals surface area contributed by atoms with Gasteiger partial charge in [-0.05, 0) is 77.0 Å². The number of carbonyl (C=O) groups is 2. The molecule has 0 aliphatic rings. The van der Waals surface area contributed by atoms with Crippen molar-refractivity contribution in [1.82, 2.24) is 5.32 Å². The standard InChI is InChI=1S/C56H93NO5/c1-4-7-10-13-16-19-21-23-25-26-27-28-30-32-34-37-40-43-46-49-56(61)62-52(47-44-41-38-36-33-31-29-24-22-20-17-14-11-8-5-2)50-55(60)57-53(51-58)54(59)48-45-42-39-35-18-15-12-9-6-3/h8,11,14,16-17,19-20,22-25,27-29,31,33,36,38,52-54,58-59H,4-7,9-10,12-13,15,18,21,26,30,32,34-35,37,39-51H2,1-3H3,(H,57,60)/b11-8-,17-14+,19-16-,22-20+,25-23-,28-27-,29-24-,33-31+,38-36+. The first-order valence-electron chi connectivity index (χ1n) is 25.2. The third kappa shape index (κ3) is 43.2. The van der Waals surface area contributed by atoms with Gasteiger partial charge in [0.1, 0.15) is 6.10 Å². The summed E-state index contributed by atoms with van der Waals surface area (Å²) in [7, 11) is 0. The Balaban J connectivity index is 4.74. The van der Waals surface area contributed by atoms with Gasteiger partial charge < -0.3 is 20.3 Å². The van der Waals surface area contributed by atoms with Crippen molar-refractivity contribution in [1.29, 1.82) is 0 Å². The van der Waals surface area contributed by atoms with Gasteiger partial charge in [0, 0.05) is 6.42 Å². The smallest absolute Gasteiger partial charge is 0.306 e.